The van der Waals surface area contributed by atoms with E-state index in [9.17, 15) is 9.59 Å². The molecule has 0 fully saturated rings. The van der Waals surface area contributed by atoms with Crippen LogP contribution in [-0.4, -0.2) is 22.2 Å². The van der Waals surface area contributed by atoms with Gasteiger partial charge in [0.15, 0.2) is 6.29 Å². The number of aryl methyl sites for hydroxylation is 2. The quantitative estimate of drug-likeness (QED) is 0.0832. The van der Waals surface area contributed by atoms with E-state index in [0.29, 0.717) is 23.4 Å². The van der Waals surface area contributed by atoms with Gasteiger partial charge in [-0.1, -0.05) is 84.9 Å². The van der Waals surface area contributed by atoms with Crippen molar-refractivity contribution in [3.05, 3.63) is 149 Å². The molecule has 1 aliphatic heterocycles. The van der Waals surface area contributed by atoms with Gasteiger partial charge in [-0.25, -0.2) is 4.98 Å². The number of nitrogens with two attached hydrogens (primary N) is 1. The zero-order valence-electron chi connectivity index (χ0n) is 29.6. The van der Waals surface area contributed by atoms with Crippen LogP contribution in [-0.2, 0) is 6.54 Å². The Morgan fingerprint density at radius 3 is 2.07 bits per heavy atom. The van der Waals surface area contributed by atoms with E-state index < -0.39 is 0 Å². The van der Waals surface area contributed by atoms with Crippen molar-refractivity contribution >= 4 is 99.2 Å². The molecule has 6 nitrogen and oxygen atoms in total. The molecule has 0 saturated heterocycles. The third-order valence-electron chi connectivity index (χ3n) is 11.8. The topological polar surface area (TPSA) is 92.1 Å². The Bertz CT molecular complexity index is 3310. The Kier molecular flexibility index (Phi) is 6.22. The number of aromatic amines is 1. The number of para-hydroxylation sites is 4. The SMILES string of the molecule is Cc1ccc2c3ccc4c5c(ccc(c6ccc(c(C)c62)c2ccc(C=O)c6c(-c7nc8ccccc8[nH]7)ccc1c62)c53)CN(c1ccccc1N)C4=O. The van der Waals surface area contributed by atoms with E-state index in [1.165, 1.54) is 5.39 Å². The zero-order valence-corrected chi connectivity index (χ0v) is 29.6. The summed E-state index contributed by atoms with van der Waals surface area (Å²) in [5.41, 5.74) is 15.1. The van der Waals surface area contributed by atoms with Crippen molar-refractivity contribution in [2.45, 2.75) is 20.4 Å². The molecule has 3 N–H and O–H groups in total. The fraction of sp³-hybridized carbons (Fsp3) is 0.0625. The Morgan fingerprint density at radius 1 is 0.630 bits per heavy atom. The largest absolute Gasteiger partial charge is 0.397 e. The van der Waals surface area contributed by atoms with Crippen LogP contribution >= 0.6 is 0 Å². The minimum atomic E-state index is -0.0430. The van der Waals surface area contributed by atoms with Crippen LogP contribution in [0.2, 0.25) is 0 Å². The molecule has 1 aliphatic rings. The molecule has 6 heteroatoms. The number of imidazole rings is 1. The normalized spacial score (nSPS) is 13.1. The molecule has 2 heterocycles. The molecular formula is C48H32N4O2. The summed E-state index contributed by atoms with van der Waals surface area (Å²) in [5, 5.41) is 13.0. The Balaban J connectivity index is 1.25. The standard InChI is InChI=1S/C48H32N4O2/c1-25-11-14-32-35-20-22-37-43-27(23-52(48(37)54)41-10-6-3-7-38(41)49)12-15-34(46(35)43)33-19-18-30(26(2)42(32)33)31-16-13-28(24-53)44-36(21-17-29(25)45(31)44)47-50-39-8-4-5-9-40(39)51-47/h3-22,24H,23,49H2,1-2H3,(H,50,51). The van der Waals surface area contributed by atoms with Crippen LogP contribution in [0.15, 0.2) is 121 Å². The highest BCUT2D eigenvalue weighted by Crippen LogP contribution is 2.46. The first-order valence-corrected chi connectivity index (χ1v) is 18.2. The smallest absolute Gasteiger partial charge is 0.259 e. The number of hydrogen-bond acceptors (Lipinski definition) is 4. The van der Waals surface area contributed by atoms with E-state index in [1.807, 2.05) is 60.7 Å². The molecule has 10 aromatic rings. The second kappa shape index (κ2) is 11.0. The lowest BCUT2D eigenvalue weighted by atomic mass is 9.83. The fourth-order valence-electron chi connectivity index (χ4n) is 9.27. The molecule has 1 aromatic heterocycles. The Labute approximate surface area is 309 Å². The van der Waals surface area contributed by atoms with Crippen LogP contribution in [0.1, 0.15) is 37.4 Å². The predicted molar refractivity (Wildman–Crippen MR) is 223 cm³/mol. The van der Waals surface area contributed by atoms with E-state index in [2.05, 4.69) is 79.5 Å². The number of carbonyl (C=O) groups excluding carboxylic acids is 2. The number of benzene rings is 8. The summed E-state index contributed by atoms with van der Waals surface area (Å²) in [6.07, 6.45) is 0.957. The molecule has 256 valence electrons. The van der Waals surface area contributed by atoms with Gasteiger partial charge in [-0.05, 0) is 121 Å². The molecule has 0 unspecified atom stereocenters. The van der Waals surface area contributed by atoms with Gasteiger partial charge in [0.2, 0.25) is 0 Å². The maximum atomic E-state index is 14.2. The van der Waals surface area contributed by atoms with Crippen molar-refractivity contribution in [3.63, 3.8) is 0 Å². The van der Waals surface area contributed by atoms with Crippen molar-refractivity contribution < 1.29 is 9.59 Å². The van der Waals surface area contributed by atoms with Gasteiger partial charge >= 0.3 is 0 Å². The number of H-pyrrole nitrogens is 1. The number of carbonyl (C=O) groups is 2. The maximum absolute atomic E-state index is 14.2. The highest BCUT2D eigenvalue weighted by molar-refractivity contribution is 6.35. The zero-order chi connectivity index (χ0) is 36.4. The number of nitrogens with zero attached hydrogens (tertiary/aromatic N) is 2. The molecule has 11 rings (SSSR count). The maximum Gasteiger partial charge on any atom is 0.259 e. The fourth-order valence-corrected chi connectivity index (χ4v) is 9.27. The van der Waals surface area contributed by atoms with Crippen LogP contribution in [0.3, 0.4) is 0 Å². The van der Waals surface area contributed by atoms with Gasteiger partial charge in [0, 0.05) is 27.5 Å². The monoisotopic (exact) mass is 696 g/mol. The van der Waals surface area contributed by atoms with Crippen LogP contribution in [0.25, 0.3) is 87.1 Å². The lowest BCUT2D eigenvalue weighted by Crippen LogP contribution is -2.34. The summed E-state index contributed by atoms with van der Waals surface area (Å²) in [4.78, 5) is 37.2. The van der Waals surface area contributed by atoms with E-state index in [-0.39, 0.29) is 5.91 Å². The van der Waals surface area contributed by atoms with Crippen LogP contribution in [0, 0.1) is 13.8 Å². The van der Waals surface area contributed by atoms with Gasteiger partial charge in [-0.3, -0.25) is 9.59 Å². The summed E-state index contributed by atoms with van der Waals surface area (Å²) in [7, 11) is 0. The van der Waals surface area contributed by atoms with Gasteiger partial charge < -0.3 is 15.6 Å². The number of nitrogen functional groups attached to an aromatic ring is 1. The molecule has 0 radical (unpaired) electrons. The highest BCUT2D eigenvalue weighted by atomic mass is 16.2. The van der Waals surface area contributed by atoms with E-state index in [4.69, 9.17) is 10.7 Å². The summed E-state index contributed by atoms with van der Waals surface area (Å²) in [5.74, 6) is 0.690. The molecular weight excluding hydrogens is 665 g/mol. The van der Waals surface area contributed by atoms with Gasteiger partial charge in [-0.15, -0.1) is 0 Å². The van der Waals surface area contributed by atoms with Crippen molar-refractivity contribution in [3.8, 4) is 11.4 Å². The van der Waals surface area contributed by atoms with E-state index in [1.54, 1.807) is 4.90 Å². The molecule has 0 aliphatic carbocycles. The number of anilines is 2. The third-order valence-corrected chi connectivity index (χ3v) is 11.8. The average Bonchev–Trinajstić information content (AvgIpc) is 3.63. The van der Waals surface area contributed by atoms with Crippen LogP contribution in [0.4, 0.5) is 11.4 Å². The number of aromatic nitrogens is 2. The van der Waals surface area contributed by atoms with E-state index >= 15 is 0 Å². The Morgan fingerprint density at radius 2 is 1.26 bits per heavy atom. The number of fused-ring (bicyclic) bond motifs is 5. The van der Waals surface area contributed by atoms with Gasteiger partial charge in [-0.2, -0.15) is 0 Å². The molecule has 0 atom stereocenters. The molecule has 2 bridgehead atoms. The lowest BCUT2D eigenvalue weighted by molar-refractivity contribution is 0.0984. The van der Waals surface area contributed by atoms with Crippen molar-refractivity contribution in [2.75, 3.05) is 10.6 Å². The lowest BCUT2D eigenvalue weighted by Gasteiger charge is -2.31. The Hall–Kier alpha value is -7.05. The summed E-state index contributed by atoms with van der Waals surface area (Å²) in [6.45, 7) is 4.80. The first-order valence-electron chi connectivity index (χ1n) is 18.2. The van der Waals surface area contributed by atoms with Gasteiger partial charge in [0.25, 0.3) is 5.91 Å². The second-order valence-corrected chi connectivity index (χ2v) is 14.6. The molecule has 54 heavy (non-hydrogen) atoms. The highest BCUT2D eigenvalue weighted by Gasteiger charge is 2.30. The van der Waals surface area contributed by atoms with Crippen LogP contribution in [0.5, 0.6) is 0 Å². The molecule has 0 spiro atoms. The predicted octanol–water partition coefficient (Wildman–Crippen LogP) is 11.3. The van der Waals surface area contributed by atoms with E-state index in [0.717, 1.165) is 110 Å². The molecule has 9 aromatic carbocycles. The second-order valence-electron chi connectivity index (χ2n) is 14.6. The minimum absolute atomic E-state index is 0.0430. The number of hydrogen-bond donors (Lipinski definition) is 2. The summed E-state index contributed by atoms with van der Waals surface area (Å²) >= 11 is 0. The summed E-state index contributed by atoms with van der Waals surface area (Å²) in [6, 6.07) is 41.3. The number of aldehydes is 1. The number of nitrogens with one attached hydrogen (secondary N) is 1. The minimum Gasteiger partial charge on any atom is -0.397 e. The summed E-state index contributed by atoms with van der Waals surface area (Å²) < 4.78 is 0. The first kappa shape index (κ1) is 30.6. The van der Waals surface area contributed by atoms with Crippen molar-refractivity contribution in [2.24, 2.45) is 0 Å². The first-order chi connectivity index (χ1) is 26.4. The molecule has 0 saturated carbocycles. The molecule has 1 amide bonds. The number of rotatable bonds is 3. The third kappa shape index (κ3) is 4.02. The van der Waals surface area contributed by atoms with Crippen molar-refractivity contribution in [1.82, 2.24) is 9.97 Å². The number of amides is 1. The van der Waals surface area contributed by atoms with Crippen molar-refractivity contribution in [1.29, 1.82) is 0 Å². The average molecular weight is 697 g/mol. The van der Waals surface area contributed by atoms with Gasteiger partial charge in [0.05, 0.1) is 29.0 Å². The van der Waals surface area contributed by atoms with Gasteiger partial charge in [0.1, 0.15) is 5.82 Å². The van der Waals surface area contributed by atoms with Crippen LogP contribution < -0.4 is 10.6 Å².